The Morgan fingerprint density at radius 2 is 1.73 bits per heavy atom. The van der Waals surface area contributed by atoms with Crippen LogP contribution in [0, 0.1) is 6.92 Å². The molecule has 0 spiro atoms. The van der Waals surface area contributed by atoms with E-state index in [4.69, 9.17) is 9.73 Å². The zero-order valence-electron chi connectivity index (χ0n) is 18.4. The van der Waals surface area contributed by atoms with Crippen LogP contribution in [0.25, 0.3) is 0 Å². The van der Waals surface area contributed by atoms with Gasteiger partial charge in [-0.25, -0.2) is 9.79 Å². The van der Waals surface area contributed by atoms with Crippen molar-refractivity contribution >= 4 is 36.0 Å². The molecule has 1 aromatic heterocycles. The first-order valence-corrected chi connectivity index (χ1v) is 10.9. The van der Waals surface area contributed by atoms with Crippen LogP contribution in [-0.4, -0.2) is 63.5 Å². The number of nitrogens with one attached hydrogen (secondary N) is 2. The summed E-state index contributed by atoms with van der Waals surface area (Å²) in [7, 11) is 1.97. The molecule has 0 aromatic carbocycles. The number of amides is 1. The molecular weight excluding hydrogens is 497 g/mol. The Labute approximate surface area is 196 Å². The van der Waals surface area contributed by atoms with Crippen molar-refractivity contribution in [2.45, 2.75) is 77.4 Å². The molecule has 1 aliphatic heterocycles. The van der Waals surface area contributed by atoms with Gasteiger partial charge in [-0.3, -0.25) is 0 Å². The van der Waals surface area contributed by atoms with E-state index in [1.807, 2.05) is 25.5 Å². The fraction of sp³-hybridized carbons (Fsp3) is 0.800. The summed E-state index contributed by atoms with van der Waals surface area (Å²) in [6, 6.07) is 0.757. The van der Waals surface area contributed by atoms with Crippen LogP contribution < -0.4 is 10.6 Å². The highest BCUT2D eigenvalue weighted by Crippen LogP contribution is 2.18. The van der Waals surface area contributed by atoms with Gasteiger partial charge in [-0.1, -0.05) is 19.3 Å². The van der Waals surface area contributed by atoms with E-state index >= 15 is 0 Å². The third kappa shape index (κ3) is 6.98. The van der Waals surface area contributed by atoms with E-state index in [-0.39, 0.29) is 36.1 Å². The number of halogens is 1. The van der Waals surface area contributed by atoms with E-state index in [0.717, 1.165) is 30.5 Å². The summed E-state index contributed by atoms with van der Waals surface area (Å²) in [5, 5.41) is 15.6. The second-order valence-electron chi connectivity index (χ2n) is 7.97. The Balaban J connectivity index is 0.00000320. The average Bonchev–Trinajstić information content (AvgIpc) is 3.05. The van der Waals surface area contributed by atoms with Crippen LogP contribution >= 0.6 is 24.0 Å². The number of aromatic nitrogens is 3. The minimum Gasteiger partial charge on any atom is -0.450 e. The normalized spacial score (nSPS) is 18.6. The molecule has 0 bridgehead atoms. The molecule has 170 valence electrons. The molecular formula is C20H36IN7O2. The summed E-state index contributed by atoms with van der Waals surface area (Å²) in [6.07, 6.45) is 7.79. The zero-order chi connectivity index (χ0) is 20.6. The predicted molar refractivity (Wildman–Crippen MR) is 127 cm³/mol. The van der Waals surface area contributed by atoms with Gasteiger partial charge in [0.2, 0.25) is 0 Å². The molecule has 2 fully saturated rings. The topological polar surface area (TPSA) is 96.7 Å². The minimum absolute atomic E-state index is 0. The number of ether oxygens (including phenoxy) is 1. The van der Waals surface area contributed by atoms with Crippen LogP contribution in [0.15, 0.2) is 4.99 Å². The number of aryl methyl sites for hydroxylation is 1. The van der Waals surface area contributed by atoms with Crippen molar-refractivity contribution in [1.29, 1.82) is 0 Å². The van der Waals surface area contributed by atoms with Gasteiger partial charge >= 0.3 is 6.09 Å². The molecule has 2 N–H and O–H groups in total. The SMILES string of the molecule is CCOC(=O)N1CCC(NC(=NCc2nnc(C)n2C)NC2CCCCC2)CC1.I. The highest BCUT2D eigenvalue weighted by Gasteiger charge is 2.25. The Kier molecular flexibility index (Phi) is 10.1. The maximum absolute atomic E-state index is 11.9. The Bertz CT molecular complexity index is 695. The van der Waals surface area contributed by atoms with Crippen molar-refractivity contribution in [3.05, 3.63) is 11.6 Å². The standard InChI is InChI=1S/C20H35N7O2.HI/c1-4-29-20(28)27-12-10-17(11-13-27)23-19(22-16-8-6-5-7-9-16)21-14-18-25-24-15(2)26(18)3;/h16-17H,4-14H2,1-3H3,(H2,21,22,23);1H. The third-order valence-electron chi connectivity index (χ3n) is 5.87. The summed E-state index contributed by atoms with van der Waals surface area (Å²) in [5.41, 5.74) is 0. The van der Waals surface area contributed by atoms with Crippen molar-refractivity contribution in [3.63, 3.8) is 0 Å². The van der Waals surface area contributed by atoms with Crippen LogP contribution in [0.4, 0.5) is 4.79 Å². The molecule has 1 amide bonds. The first-order valence-electron chi connectivity index (χ1n) is 10.9. The summed E-state index contributed by atoms with van der Waals surface area (Å²) in [6.45, 7) is 6.09. The number of carbonyl (C=O) groups is 1. The van der Waals surface area contributed by atoms with Crippen molar-refractivity contribution < 1.29 is 9.53 Å². The quantitative estimate of drug-likeness (QED) is 0.344. The number of guanidine groups is 1. The van der Waals surface area contributed by atoms with E-state index in [9.17, 15) is 4.79 Å². The zero-order valence-corrected chi connectivity index (χ0v) is 20.7. The van der Waals surface area contributed by atoms with E-state index in [1.165, 1.54) is 32.1 Å². The molecule has 9 nitrogen and oxygen atoms in total. The molecule has 1 saturated heterocycles. The van der Waals surface area contributed by atoms with Crippen LogP contribution in [0.1, 0.15) is 63.5 Å². The number of likely N-dealkylation sites (tertiary alicyclic amines) is 1. The van der Waals surface area contributed by atoms with Gasteiger partial charge < -0.3 is 24.8 Å². The van der Waals surface area contributed by atoms with Gasteiger partial charge in [0.1, 0.15) is 12.4 Å². The molecule has 1 aromatic rings. The lowest BCUT2D eigenvalue weighted by atomic mass is 9.96. The lowest BCUT2D eigenvalue weighted by molar-refractivity contribution is 0.0963. The van der Waals surface area contributed by atoms with Gasteiger partial charge in [-0.15, -0.1) is 34.2 Å². The summed E-state index contributed by atoms with van der Waals surface area (Å²) >= 11 is 0. The first-order chi connectivity index (χ1) is 14.1. The molecule has 3 rings (SSSR count). The van der Waals surface area contributed by atoms with E-state index in [1.54, 1.807) is 4.90 Å². The maximum Gasteiger partial charge on any atom is 0.409 e. The van der Waals surface area contributed by atoms with E-state index in [0.29, 0.717) is 32.3 Å². The summed E-state index contributed by atoms with van der Waals surface area (Å²) < 4.78 is 7.09. The number of hydrogen-bond donors (Lipinski definition) is 2. The highest BCUT2D eigenvalue weighted by atomic mass is 127. The lowest BCUT2D eigenvalue weighted by Crippen LogP contribution is -2.52. The molecule has 2 heterocycles. The largest absolute Gasteiger partial charge is 0.450 e. The average molecular weight is 533 g/mol. The molecule has 1 saturated carbocycles. The smallest absolute Gasteiger partial charge is 0.409 e. The third-order valence-corrected chi connectivity index (χ3v) is 5.87. The molecule has 1 aliphatic carbocycles. The van der Waals surface area contributed by atoms with Gasteiger partial charge in [-0.05, 0) is 39.5 Å². The highest BCUT2D eigenvalue weighted by molar-refractivity contribution is 14.0. The van der Waals surface area contributed by atoms with Crippen LogP contribution in [0.2, 0.25) is 0 Å². The molecule has 0 unspecified atom stereocenters. The second kappa shape index (κ2) is 12.3. The fourth-order valence-corrected chi connectivity index (χ4v) is 3.93. The predicted octanol–water partition coefficient (Wildman–Crippen LogP) is 2.73. The number of carbonyl (C=O) groups excluding carboxylic acids is 1. The van der Waals surface area contributed by atoms with Crippen molar-refractivity contribution in [2.75, 3.05) is 19.7 Å². The number of piperidine rings is 1. The Hall–Kier alpha value is -1.59. The van der Waals surface area contributed by atoms with Crippen LogP contribution in [0.5, 0.6) is 0 Å². The van der Waals surface area contributed by atoms with Crippen molar-refractivity contribution in [2.24, 2.45) is 12.0 Å². The summed E-state index contributed by atoms with van der Waals surface area (Å²) in [5.74, 6) is 2.58. The number of rotatable bonds is 5. The van der Waals surface area contributed by atoms with Crippen molar-refractivity contribution in [3.8, 4) is 0 Å². The Morgan fingerprint density at radius 3 is 2.30 bits per heavy atom. The van der Waals surface area contributed by atoms with Crippen LogP contribution in [0.3, 0.4) is 0 Å². The number of nitrogens with zero attached hydrogens (tertiary/aromatic N) is 5. The fourth-order valence-electron chi connectivity index (χ4n) is 3.93. The Morgan fingerprint density at radius 1 is 1.10 bits per heavy atom. The molecule has 2 aliphatic rings. The van der Waals surface area contributed by atoms with Gasteiger partial charge in [-0.2, -0.15) is 0 Å². The summed E-state index contributed by atoms with van der Waals surface area (Å²) in [4.78, 5) is 18.5. The van der Waals surface area contributed by atoms with Crippen LogP contribution in [-0.2, 0) is 18.3 Å². The van der Waals surface area contributed by atoms with Gasteiger partial charge in [0.25, 0.3) is 0 Å². The van der Waals surface area contributed by atoms with E-state index < -0.39 is 0 Å². The monoisotopic (exact) mass is 533 g/mol. The molecule has 30 heavy (non-hydrogen) atoms. The van der Waals surface area contributed by atoms with Gasteiger partial charge in [0.05, 0.1) is 6.61 Å². The number of hydrogen-bond acceptors (Lipinski definition) is 5. The maximum atomic E-state index is 11.9. The van der Waals surface area contributed by atoms with E-state index in [2.05, 4.69) is 20.8 Å². The van der Waals surface area contributed by atoms with Gasteiger partial charge in [0, 0.05) is 32.2 Å². The molecule has 0 atom stereocenters. The minimum atomic E-state index is -0.210. The number of aliphatic imine (C=N–C) groups is 1. The second-order valence-corrected chi connectivity index (χ2v) is 7.97. The lowest BCUT2D eigenvalue weighted by Gasteiger charge is -2.33. The first kappa shape index (κ1) is 24.7. The molecule has 10 heteroatoms. The van der Waals surface area contributed by atoms with Gasteiger partial charge in [0.15, 0.2) is 11.8 Å². The molecule has 0 radical (unpaired) electrons. The van der Waals surface area contributed by atoms with Crippen molar-refractivity contribution in [1.82, 2.24) is 30.3 Å².